The summed E-state index contributed by atoms with van der Waals surface area (Å²) in [5, 5.41) is 0. The molecule has 0 bridgehead atoms. The molecule has 0 spiro atoms. The highest BCUT2D eigenvalue weighted by Gasteiger charge is 2.34. The van der Waals surface area contributed by atoms with Crippen LogP contribution in [0.15, 0.2) is 99.9 Å². The van der Waals surface area contributed by atoms with E-state index in [2.05, 4.69) is 0 Å². The van der Waals surface area contributed by atoms with E-state index < -0.39 is 6.04 Å². The molecule has 6 nitrogen and oxygen atoms in total. The molecular formula is C30H24N2O4S. The highest BCUT2D eigenvalue weighted by atomic mass is 32.1. The number of carbonyl (C=O) groups excluding carboxylic acids is 1. The molecule has 0 N–H and O–H groups in total. The Labute approximate surface area is 217 Å². The molecule has 1 atom stereocenters. The second kappa shape index (κ2) is 9.67. The second-order valence-corrected chi connectivity index (χ2v) is 9.99. The molecule has 184 valence electrons. The molecule has 7 heteroatoms. The summed E-state index contributed by atoms with van der Waals surface area (Å²) in [5.41, 5.74) is 2.98. The number of allylic oxidation sites excluding steroid dienone is 2. The van der Waals surface area contributed by atoms with Crippen molar-refractivity contribution in [2.45, 2.75) is 25.3 Å². The van der Waals surface area contributed by atoms with E-state index in [-0.39, 0.29) is 11.3 Å². The lowest BCUT2D eigenvalue weighted by Crippen LogP contribution is -2.40. The van der Waals surface area contributed by atoms with E-state index in [1.165, 1.54) is 11.3 Å². The maximum atomic E-state index is 13.8. The molecular weight excluding hydrogens is 484 g/mol. The molecule has 0 saturated heterocycles. The van der Waals surface area contributed by atoms with Crippen LogP contribution in [0, 0.1) is 0 Å². The first-order valence-corrected chi connectivity index (χ1v) is 13.0. The minimum absolute atomic E-state index is 0.0610. The van der Waals surface area contributed by atoms with Crippen molar-refractivity contribution < 1.29 is 14.3 Å². The Morgan fingerprint density at radius 1 is 0.919 bits per heavy atom. The summed E-state index contributed by atoms with van der Waals surface area (Å²) < 4.78 is 13.5. The number of hydrogen-bond donors (Lipinski definition) is 0. The van der Waals surface area contributed by atoms with Crippen LogP contribution in [-0.4, -0.2) is 17.5 Å². The van der Waals surface area contributed by atoms with Crippen LogP contribution in [0.2, 0.25) is 0 Å². The number of thiazole rings is 1. The molecule has 37 heavy (non-hydrogen) atoms. The minimum Gasteiger partial charge on any atom is -0.497 e. The van der Waals surface area contributed by atoms with E-state index in [1.54, 1.807) is 11.7 Å². The third-order valence-corrected chi connectivity index (χ3v) is 7.58. The molecule has 4 aromatic rings. The normalized spacial score (nSPS) is 17.2. The lowest BCUT2D eigenvalue weighted by atomic mass is 9.86. The number of hydrogen-bond acceptors (Lipinski definition) is 6. The maximum absolute atomic E-state index is 13.8. The zero-order valence-electron chi connectivity index (χ0n) is 20.2. The van der Waals surface area contributed by atoms with Crippen molar-refractivity contribution in [3.8, 4) is 17.2 Å². The van der Waals surface area contributed by atoms with Gasteiger partial charge < -0.3 is 9.47 Å². The molecule has 2 heterocycles. The number of fused-ring (bicyclic) bond motifs is 1. The SMILES string of the molecule is COc1ccc(C2C3=C(CCCC3=O)N=c3sc(=Cc4cccc(Oc5ccccc5)c4)c(=O)n32)cc1. The van der Waals surface area contributed by atoms with E-state index in [0.29, 0.717) is 27.1 Å². The number of benzene rings is 3. The van der Waals surface area contributed by atoms with E-state index in [9.17, 15) is 9.59 Å². The number of methoxy groups -OCH3 is 1. The van der Waals surface area contributed by atoms with Gasteiger partial charge in [0.25, 0.3) is 5.56 Å². The number of ether oxygens (including phenoxy) is 2. The van der Waals surface area contributed by atoms with Crippen LogP contribution in [0.4, 0.5) is 0 Å². The van der Waals surface area contributed by atoms with Crippen LogP contribution >= 0.6 is 11.3 Å². The Morgan fingerprint density at radius 3 is 2.49 bits per heavy atom. The molecule has 0 fully saturated rings. The molecule has 6 rings (SSSR count). The first-order chi connectivity index (χ1) is 18.1. The Kier molecular flexibility index (Phi) is 6.06. The summed E-state index contributed by atoms with van der Waals surface area (Å²) in [6.07, 6.45) is 3.84. The van der Waals surface area contributed by atoms with Gasteiger partial charge >= 0.3 is 0 Å². The largest absolute Gasteiger partial charge is 0.497 e. The zero-order valence-corrected chi connectivity index (χ0v) is 21.0. The van der Waals surface area contributed by atoms with Crippen LogP contribution in [0.5, 0.6) is 17.2 Å². The van der Waals surface area contributed by atoms with Gasteiger partial charge in [-0.3, -0.25) is 14.2 Å². The molecule has 1 aliphatic carbocycles. The van der Waals surface area contributed by atoms with Gasteiger partial charge in [0.05, 0.1) is 23.4 Å². The van der Waals surface area contributed by atoms with E-state index in [1.807, 2.05) is 84.9 Å². The third kappa shape index (κ3) is 4.42. The second-order valence-electron chi connectivity index (χ2n) is 8.98. The van der Waals surface area contributed by atoms with Crippen molar-refractivity contribution in [3.05, 3.63) is 121 Å². The zero-order chi connectivity index (χ0) is 25.4. The van der Waals surface area contributed by atoms with Gasteiger partial charge in [-0.05, 0) is 66.4 Å². The highest BCUT2D eigenvalue weighted by Crippen LogP contribution is 2.36. The van der Waals surface area contributed by atoms with Gasteiger partial charge in [-0.15, -0.1) is 0 Å². The summed E-state index contributed by atoms with van der Waals surface area (Å²) in [6.45, 7) is 0. The molecule has 1 unspecified atom stereocenters. The molecule has 0 saturated carbocycles. The summed E-state index contributed by atoms with van der Waals surface area (Å²) >= 11 is 1.35. The van der Waals surface area contributed by atoms with Crippen molar-refractivity contribution in [1.82, 2.24) is 4.57 Å². The molecule has 1 aromatic heterocycles. The fraction of sp³-hybridized carbons (Fsp3) is 0.167. The number of carbonyl (C=O) groups is 1. The van der Waals surface area contributed by atoms with Gasteiger partial charge in [0.1, 0.15) is 17.2 Å². The average molecular weight is 509 g/mol. The van der Waals surface area contributed by atoms with Gasteiger partial charge in [-0.1, -0.05) is 53.8 Å². The molecule has 1 aliphatic heterocycles. The van der Waals surface area contributed by atoms with Gasteiger partial charge in [0, 0.05) is 12.0 Å². The van der Waals surface area contributed by atoms with E-state index in [0.717, 1.165) is 41.2 Å². The van der Waals surface area contributed by atoms with Gasteiger partial charge in [-0.2, -0.15) is 0 Å². The summed E-state index contributed by atoms with van der Waals surface area (Å²) in [4.78, 5) is 32.2. The summed E-state index contributed by atoms with van der Waals surface area (Å²) in [7, 11) is 1.61. The molecule has 0 amide bonds. The predicted octanol–water partition coefficient (Wildman–Crippen LogP) is 4.77. The Balaban J connectivity index is 1.45. The van der Waals surface area contributed by atoms with Crippen LogP contribution in [0.3, 0.4) is 0 Å². The van der Waals surface area contributed by atoms with Gasteiger partial charge in [-0.25, -0.2) is 4.99 Å². The Morgan fingerprint density at radius 2 is 1.70 bits per heavy atom. The summed E-state index contributed by atoms with van der Waals surface area (Å²) in [6, 6.07) is 24.3. The fourth-order valence-corrected chi connectivity index (χ4v) is 5.88. The molecule has 2 aliphatic rings. The van der Waals surface area contributed by atoms with Gasteiger partial charge in [0.2, 0.25) is 0 Å². The van der Waals surface area contributed by atoms with Crippen molar-refractivity contribution in [2.24, 2.45) is 4.99 Å². The number of rotatable bonds is 5. The summed E-state index contributed by atoms with van der Waals surface area (Å²) in [5.74, 6) is 2.21. The maximum Gasteiger partial charge on any atom is 0.271 e. The first kappa shape index (κ1) is 23.2. The lowest BCUT2D eigenvalue weighted by Gasteiger charge is -2.28. The number of para-hydroxylation sites is 1. The topological polar surface area (TPSA) is 69.9 Å². The molecule has 3 aromatic carbocycles. The van der Waals surface area contributed by atoms with Gasteiger partial charge in [0.15, 0.2) is 10.6 Å². The van der Waals surface area contributed by atoms with Crippen molar-refractivity contribution in [2.75, 3.05) is 7.11 Å². The van der Waals surface area contributed by atoms with E-state index in [4.69, 9.17) is 14.5 Å². The minimum atomic E-state index is -0.500. The molecule has 0 radical (unpaired) electrons. The van der Waals surface area contributed by atoms with Crippen molar-refractivity contribution >= 4 is 23.2 Å². The van der Waals surface area contributed by atoms with Crippen molar-refractivity contribution in [1.29, 1.82) is 0 Å². The third-order valence-electron chi connectivity index (χ3n) is 6.59. The van der Waals surface area contributed by atoms with E-state index >= 15 is 0 Å². The Hall–Kier alpha value is -4.23. The predicted molar refractivity (Wildman–Crippen MR) is 143 cm³/mol. The smallest absolute Gasteiger partial charge is 0.271 e. The fourth-order valence-electron chi connectivity index (χ4n) is 4.86. The van der Waals surface area contributed by atoms with Crippen LogP contribution in [0.25, 0.3) is 6.08 Å². The standard InChI is InChI=1S/C30H24N2O4S/c1-35-21-15-13-20(14-16-21)28-27-24(11-6-12-25(27)33)31-30-32(28)29(34)26(37-30)18-19-7-5-10-23(17-19)36-22-8-3-2-4-9-22/h2-5,7-10,13-18,28H,6,11-12H2,1H3. The first-order valence-electron chi connectivity index (χ1n) is 12.2. The Bertz CT molecular complexity index is 1700. The van der Waals surface area contributed by atoms with Crippen LogP contribution in [0.1, 0.15) is 36.4 Å². The number of ketones is 1. The lowest BCUT2D eigenvalue weighted by molar-refractivity contribution is -0.116. The number of nitrogens with zero attached hydrogens (tertiary/aromatic N) is 2. The highest BCUT2D eigenvalue weighted by molar-refractivity contribution is 7.07. The monoisotopic (exact) mass is 508 g/mol. The van der Waals surface area contributed by atoms with Crippen molar-refractivity contribution in [3.63, 3.8) is 0 Å². The number of aromatic nitrogens is 1. The van der Waals surface area contributed by atoms with Crippen LogP contribution < -0.4 is 24.4 Å². The number of Topliss-reactive ketones (excluding diaryl/α,β-unsaturated/α-hetero) is 1. The average Bonchev–Trinajstić information content (AvgIpc) is 3.23. The quantitative estimate of drug-likeness (QED) is 0.390. The van der Waals surface area contributed by atoms with Crippen LogP contribution in [-0.2, 0) is 4.79 Å².